The number of carboxylic acids is 1. The largest absolute Gasteiger partial charge is 0.477 e. The third-order valence-corrected chi connectivity index (χ3v) is 3.58. The zero-order valence-electron chi connectivity index (χ0n) is 12.7. The molecule has 0 amide bonds. The van der Waals surface area contributed by atoms with E-state index in [2.05, 4.69) is 9.97 Å². The summed E-state index contributed by atoms with van der Waals surface area (Å²) in [7, 11) is 0. The van der Waals surface area contributed by atoms with Crippen molar-refractivity contribution in [2.24, 2.45) is 0 Å². The summed E-state index contributed by atoms with van der Waals surface area (Å²) in [5.74, 6) is -6.40. The molecule has 1 heterocycles. The van der Waals surface area contributed by atoms with Crippen LogP contribution in [0.15, 0.2) is 42.6 Å². The van der Waals surface area contributed by atoms with E-state index in [1.54, 1.807) is 12.1 Å². The quantitative estimate of drug-likeness (QED) is 0.664. The van der Waals surface area contributed by atoms with E-state index >= 15 is 0 Å². The molecule has 0 saturated heterocycles. The Morgan fingerprint density at radius 2 is 1.77 bits per heavy atom. The number of nitrogens with zero attached hydrogens (tertiary/aromatic N) is 2. The number of rotatable bonds is 4. The predicted octanol–water partition coefficient (Wildman–Crippen LogP) is 4.70. The number of benzene rings is 2. The summed E-state index contributed by atoms with van der Waals surface area (Å²) in [4.78, 5) is 19.0. The molecule has 0 aliphatic rings. The van der Waals surface area contributed by atoms with E-state index in [0.29, 0.717) is 12.1 Å². The molecule has 0 radical (unpaired) electrons. The van der Waals surface area contributed by atoms with Gasteiger partial charge in [0.25, 0.3) is 0 Å². The Balaban J connectivity index is 2.10. The number of aromatic nitrogens is 2. The Hall–Kier alpha value is -3.13. The van der Waals surface area contributed by atoms with E-state index in [4.69, 9.17) is 16.3 Å². The van der Waals surface area contributed by atoms with Crippen LogP contribution in [-0.2, 0) is 0 Å². The van der Waals surface area contributed by atoms with Gasteiger partial charge in [-0.05, 0) is 24.3 Å². The van der Waals surface area contributed by atoms with E-state index in [-0.39, 0.29) is 28.0 Å². The molecule has 0 fully saturated rings. The number of ether oxygens (including phenoxy) is 1. The highest BCUT2D eigenvalue weighted by Crippen LogP contribution is 2.31. The third kappa shape index (κ3) is 3.45. The lowest BCUT2D eigenvalue weighted by Crippen LogP contribution is -2.05. The van der Waals surface area contributed by atoms with Gasteiger partial charge in [0.05, 0.1) is 5.02 Å². The van der Waals surface area contributed by atoms with Crippen molar-refractivity contribution >= 4 is 17.6 Å². The maximum absolute atomic E-state index is 13.4. The van der Waals surface area contributed by atoms with Gasteiger partial charge in [0.2, 0.25) is 5.88 Å². The van der Waals surface area contributed by atoms with Crippen molar-refractivity contribution in [3.8, 4) is 23.0 Å². The van der Waals surface area contributed by atoms with Crippen molar-refractivity contribution in [2.75, 3.05) is 0 Å². The topological polar surface area (TPSA) is 72.3 Å². The summed E-state index contributed by atoms with van der Waals surface area (Å²) >= 11 is 5.97. The molecule has 3 aromatic rings. The number of para-hydroxylation sites is 1. The Bertz CT molecular complexity index is 991. The van der Waals surface area contributed by atoms with Gasteiger partial charge >= 0.3 is 5.97 Å². The highest BCUT2D eigenvalue weighted by atomic mass is 35.5. The van der Waals surface area contributed by atoms with Gasteiger partial charge in [-0.25, -0.2) is 22.9 Å². The van der Waals surface area contributed by atoms with Crippen LogP contribution in [0.2, 0.25) is 5.02 Å². The predicted molar refractivity (Wildman–Crippen MR) is 85.8 cm³/mol. The Morgan fingerprint density at radius 1 is 1.12 bits per heavy atom. The van der Waals surface area contributed by atoms with Crippen LogP contribution in [0.3, 0.4) is 0 Å². The second-order valence-electron chi connectivity index (χ2n) is 5.00. The average Bonchev–Trinajstić information content (AvgIpc) is 2.61. The normalized spacial score (nSPS) is 10.6. The van der Waals surface area contributed by atoms with Crippen LogP contribution in [0.25, 0.3) is 11.4 Å². The summed E-state index contributed by atoms with van der Waals surface area (Å²) < 4.78 is 45.4. The first-order valence-corrected chi connectivity index (χ1v) is 7.42. The van der Waals surface area contributed by atoms with Crippen LogP contribution >= 0.6 is 11.6 Å². The van der Waals surface area contributed by atoms with Crippen LogP contribution in [0.5, 0.6) is 11.6 Å². The van der Waals surface area contributed by atoms with E-state index < -0.39 is 29.0 Å². The molecule has 5 nitrogen and oxygen atoms in total. The molecule has 26 heavy (non-hydrogen) atoms. The number of carbonyl (C=O) groups is 1. The van der Waals surface area contributed by atoms with Gasteiger partial charge in [0.15, 0.2) is 23.3 Å². The smallest absolute Gasteiger partial charge is 0.342 e. The van der Waals surface area contributed by atoms with Crippen molar-refractivity contribution < 1.29 is 27.8 Å². The van der Waals surface area contributed by atoms with E-state index in [1.807, 2.05) is 0 Å². The molecular weight excluding hydrogens is 373 g/mol. The molecule has 9 heteroatoms. The van der Waals surface area contributed by atoms with Crippen LogP contribution in [0.4, 0.5) is 13.2 Å². The summed E-state index contributed by atoms with van der Waals surface area (Å²) in [6, 6.07) is 7.62. The first-order chi connectivity index (χ1) is 12.4. The van der Waals surface area contributed by atoms with Crippen LogP contribution in [0.1, 0.15) is 10.4 Å². The number of halogens is 4. The first-order valence-electron chi connectivity index (χ1n) is 7.04. The Kier molecular flexibility index (Phi) is 4.77. The zero-order chi connectivity index (χ0) is 18.8. The molecule has 132 valence electrons. The van der Waals surface area contributed by atoms with Gasteiger partial charge in [0, 0.05) is 11.8 Å². The molecule has 2 aromatic carbocycles. The standard InChI is InChI=1S/C17H8ClF3N2O3/c18-10-3-1-2-4-13(10)26-16-9(17(24)25)7-22-15(23-16)8-5-11(19)14(21)12(20)6-8/h1-7H,(H,24,25). The maximum Gasteiger partial charge on any atom is 0.342 e. The monoisotopic (exact) mass is 380 g/mol. The number of aromatic carboxylic acids is 1. The van der Waals surface area contributed by atoms with Gasteiger partial charge in [-0.3, -0.25) is 0 Å². The van der Waals surface area contributed by atoms with Crippen molar-refractivity contribution in [2.45, 2.75) is 0 Å². The van der Waals surface area contributed by atoms with E-state index in [1.165, 1.54) is 12.1 Å². The fourth-order valence-corrected chi connectivity index (χ4v) is 2.22. The molecule has 0 bridgehead atoms. The highest BCUT2D eigenvalue weighted by molar-refractivity contribution is 6.32. The molecule has 0 spiro atoms. The molecular formula is C17H8ClF3N2O3. The van der Waals surface area contributed by atoms with Crippen LogP contribution < -0.4 is 4.74 Å². The van der Waals surface area contributed by atoms with Gasteiger partial charge < -0.3 is 9.84 Å². The summed E-state index contributed by atoms with van der Waals surface area (Å²) in [6.07, 6.45) is 0.913. The lowest BCUT2D eigenvalue weighted by Gasteiger charge is -2.10. The summed E-state index contributed by atoms with van der Waals surface area (Å²) in [6.45, 7) is 0. The number of hydrogen-bond donors (Lipinski definition) is 1. The Labute approximate surface area is 149 Å². The summed E-state index contributed by atoms with van der Waals surface area (Å²) in [5, 5.41) is 9.43. The minimum absolute atomic E-state index is 0.123. The van der Waals surface area contributed by atoms with E-state index in [9.17, 15) is 23.1 Å². The minimum atomic E-state index is -1.64. The lowest BCUT2D eigenvalue weighted by atomic mass is 10.2. The molecule has 0 aliphatic carbocycles. The molecule has 1 N–H and O–H groups in total. The van der Waals surface area contributed by atoms with Gasteiger partial charge in [-0.15, -0.1) is 0 Å². The second kappa shape index (κ2) is 7.01. The molecule has 0 unspecified atom stereocenters. The number of hydrogen-bond acceptors (Lipinski definition) is 4. The zero-order valence-corrected chi connectivity index (χ0v) is 13.5. The average molecular weight is 381 g/mol. The molecule has 0 atom stereocenters. The van der Waals surface area contributed by atoms with Crippen molar-refractivity contribution in [1.29, 1.82) is 0 Å². The summed E-state index contributed by atoms with van der Waals surface area (Å²) in [5.41, 5.74) is -0.584. The van der Waals surface area contributed by atoms with Gasteiger partial charge in [0.1, 0.15) is 11.3 Å². The number of carboxylic acid groups (broad SMARTS) is 1. The second-order valence-corrected chi connectivity index (χ2v) is 5.41. The fraction of sp³-hybridized carbons (Fsp3) is 0. The maximum atomic E-state index is 13.4. The van der Waals surface area contributed by atoms with Crippen molar-refractivity contribution in [1.82, 2.24) is 9.97 Å². The van der Waals surface area contributed by atoms with Crippen molar-refractivity contribution in [3.05, 3.63) is 70.6 Å². The molecule has 3 rings (SSSR count). The first kappa shape index (κ1) is 17.7. The molecule has 0 aliphatic heterocycles. The van der Waals surface area contributed by atoms with E-state index in [0.717, 1.165) is 6.20 Å². The van der Waals surface area contributed by atoms with Gasteiger partial charge in [-0.1, -0.05) is 23.7 Å². The fourth-order valence-electron chi connectivity index (χ4n) is 2.05. The molecule has 0 saturated carbocycles. The SMILES string of the molecule is O=C(O)c1cnc(-c2cc(F)c(F)c(F)c2)nc1Oc1ccccc1Cl. The van der Waals surface area contributed by atoms with Crippen LogP contribution in [-0.4, -0.2) is 21.0 Å². The van der Waals surface area contributed by atoms with Crippen LogP contribution in [0, 0.1) is 17.5 Å². The molecule has 1 aromatic heterocycles. The Morgan fingerprint density at radius 3 is 2.38 bits per heavy atom. The van der Waals surface area contributed by atoms with Crippen molar-refractivity contribution in [3.63, 3.8) is 0 Å². The third-order valence-electron chi connectivity index (χ3n) is 3.27. The minimum Gasteiger partial charge on any atom is -0.477 e. The lowest BCUT2D eigenvalue weighted by molar-refractivity contribution is 0.0693. The highest BCUT2D eigenvalue weighted by Gasteiger charge is 2.19. The van der Waals surface area contributed by atoms with Gasteiger partial charge in [-0.2, -0.15) is 4.98 Å².